The van der Waals surface area contributed by atoms with Crippen molar-refractivity contribution in [2.24, 2.45) is 5.92 Å². The van der Waals surface area contributed by atoms with Crippen LogP contribution in [-0.2, 0) is 4.74 Å². The molecule has 0 radical (unpaired) electrons. The normalized spacial score (nSPS) is 23.5. The monoisotopic (exact) mass is 411 g/mol. The summed E-state index contributed by atoms with van der Waals surface area (Å²) >= 11 is 0. The topological polar surface area (TPSA) is 75.0 Å². The zero-order chi connectivity index (χ0) is 21.4. The second-order valence-corrected chi connectivity index (χ2v) is 8.52. The van der Waals surface area contributed by atoms with Gasteiger partial charge < -0.3 is 14.7 Å². The van der Waals surface area contributed by atoms with E-state index in [-0.39, 0.29) is 29.9 Å². The van der Waals surface area contributed by atoms with Crippen LogP contribution < -0.4 is 10.4 Å². The maximum atomic E-state index is 13.0. The van der Waals surface area contributed by atoms with Gasteiger partial charge in [0, 0.05) is 25.9 Å². The van der Waals surface area contributed by atoms with Crippen molar-refractivity contribution in [1.82, 2.24) is 9.58 Å². The molecule has 1 fully saturated rings. The molecule has 2 aliphatic rings. The highest BCUT2D eigenvalue weighted by Crippen LogP contribution is 2.39. The van der Waals surface area contributed by atoms with Gasteiger partial charge in [-0.25, -0.2) is 0 Å². The van der Waals surface area contributed by atoms with Crippen LogP contribution in [0.15, 0.2) is 47.4 Å². The predicted octanol–water partition coefficient (Wildman–Crippen LogP) is 2.87. The lowest BCUT2D eigenvalue weighted by atomic mass is 9.90. The Kier molecular flexibility index (Phi) is 5.56. The summed E-state index contributed by atoms with van der Waals surface area (Å²) in [5.74, 6) is -0.308. The Morgan fingerprint density at radius 2 is 1.87 bits per heavy atom. The van der Waals surface area contributed by atoms with Gasteiger partial charge in [-0.1, -0.05) is 44.2 Å². The molecule has 30 heavy (non-hydrogen) atoms. The molecular weight excluding hydrogens is 382 g/mol. The number of pyridine rings is 1. The number of benzene rings is 1. The van der Waals surface area contributed by atoms with E-state index in [1.165, 1.54) is 6.07 Å². The van der Waals surface area contributed by atoms with Crippen molar-refractivity contribution >= 4 is 5.91 Å². The molecule has 4 rings (SSSR count). The number of hydrogen-bond donors (Lipinski definition) is 1. The van der Waals surface area contributed by atoms with Crippen LogP contribution >= 0.6 is 0 Å². The molecule has 160 valence electrons. The van der Waals surface area contributed by atoms with Crippen LogP contribution in [0.2, 0.25) is 0 Å². The maximum absolute atomic E-state index is 13.0. The van der Waals surface area contributed by atoms with Crippen LogP contribution in [0.4, 0.5) is 0 Å². The Morgan fingerprint density at radius 1 is 1.13 bits per heavy atom. The Labute approximate surface area is 176 Å². The number of hydrogen-bond acceptors (Lipinski definition) is 5. The standard InChI is InChI=1S/C23H29N3O4/c1-15(2)12-14-30-18-9-10-19-24(3)23(29)21-22(28)17(27)11-13-25(21)26(19)20(18)16-7-5-4-6-8-16/h4-8,11,13,15,18-20,28H,9-10,12,14H2,1-3H3. The second-order valence-electron chi connectivity index (χ2n) is 8.52. The fraction of sp³-hybridized carbons (Fsp3) is 0.478. The fourth-order valence-electron chi connectivity index (χ4n) is 4.47. The Balaban J connectivity index is 1.81. The van der Waals surface area contributed by atoms with E-state index in [9.17, 15) is 14.7 Å². The largest absolute Gasteiger partial charge is 0.502 e. The first-order valence-electron chi connectivity index (χ1n) is 10.6. The Bertz CT molecular complexity index is 972. The van der Waals surface area contributed by atoms with E-state index in [4.69, 9.17) is 4.74 Å². The summed E-state index contributed by atoms with van der Waals surface area (Å²) in [7, 11) is 1.72. The van der Waals surface area contributed by atoms with Crippen molar-refractivity contribution in [3.63, 3.8) is 0 Å². The van der Waals surface area contributed by atoms with Crippen molar-refractivity contribution < 1.29 is 14.6 Å². The molecule has 0 aliphatic carbocycles. The molecule has 1 N–H and O–H groups in total. The number of carbonyl (C=O) groups excluding carboxylic acids is 1. The van der Waals surface area contributed by atoms with Gasteiger partial charge in [-0.3, -0.25) is 19.3 Å². The minimum atomic E-state index is -0.556. The molecule has 7 heteroatoms. The van der Waals surface area contributed by atoms with Gasteiger partial charge in [-0.2, -0.15) is 0 Å². The quantitative estimate of drug-likeness (QED) is 0.819. The van der Waals surface area contributed by atoms with Crippen LogP contribution in [0.3, 0.4) is 0 Å². The lowest BCUT2D eigenvalue weighted by Gasteiger charge is -2.53. The third-order valence-corrected chi connectivity index (χ3v) is 6.09. The van der Waals surface area contributed by atoms with Crippen molar-refractivity contribution in [3.8, 4) is 5.75 Å². The number of piperidine rings is 1. The van der Waals surface area contributed by atoms with Crippen molar-refractivity contribution in [1.29, 1.82) is 0 Å². The van der Waals surface area contributed by atoms with Crippen LogP contribution in [0.25, 0.3) is 0 Å². The van der Waals surface area contributed by atoms with Gasteiger partial charge in [-0.15, -0.1) is 0 Å². The zero-order valence-corrected chi connectivity index (χ0v) is 17.7. The van der Waals surface area contributed by atoms with Gasteiger partial charge in [0.25, 0.3) is 5.91 Å². The molecule has 0 saturated carbocycles. The summed E-state index contributed by atoms with van der Waals surface area (Å²) < 4.78 is 8.01. The molecule has 2 aromatic rings. The number of ether oxygens (including phenoxy) is 1. The molecule has 1 aromatic heterocycles. The van der Waals surface area contributed by atoms with E-state index >= 15 is 0 Å². The lowest BCUT2D eigenvalue weighted by molar-refractivity contribution is -0.0218. The van der Waals surface area contributed by atoms with Crippen molar-refractivity contribution in [3.05, 3.63) is 64.1 Å². The second kappa shape index (κ2) is 8.14. The van der Waals surface area contributed by atoms with Crippen molar-refractivity contribution in [2.45, 2.75) is 51.4 Å². The molecule has 1 saturated heterocycles. The number of fused-ring (bicyclic) bond motifs is 3. The van der Waals surface area contributed by atoms with E-state index < -0.39 is 11.2 Å². The molecule has 3 unspecified atom stereocenters. The summed E-state index contributed by atoms with van der Waals surface area (Å²) in [6, 6.07) is 11.2. The summed E-state index contributed by atoms with van der Waals surface area (Å²) in [4.78, 5) is 26.6. The first-order valence-corrected chi connectivity index (χ1v) is 10.6. The van der Waals surface area contributed by atoms with Crippen LogP contribution in [0.5, 0.6) is 5.75 Å². The first kappa shape index (κ1) is 20.5. The Hall–Kier alpha value is -2.80. The molecule has 1 amide bonds. The third kappa shape index (κ3) is 3.47. The average Bonchev–Trinajstić information content (AvgIpc) is 2.74. The molecule has 3 atom stereocenters. The van der Waals surface area contributed by atoms with Gasteiger partial charge in [0.15, 0.2) is 11.4 Å². The van der Waals surface area contributed by atoms with Gasteiger partial charge in [-0.05, 0) is 30.7 Å². The smallest absolute Gasteiger partial charge is 0.277 e. The number of amides is 1. The molecule has 1 aromatic carbocycles. The van der Waals surface area contributed by atoms with Gasteiger partial charge in [0.1, 0.15) is 6.17 Å². The van der Waals surface area contributed by atoms with Gasteiger partial charge in [0.05, 0.1) is 12.1 Å². The number of aromatic hydroxyl groups is 1. The molecule has 7 nitrogen and oxygen atoms in total. The number of nitrogens with zero attached hydrogens (tertiary/aromatic N) is 3. The first-order chi connectivity index (χ1) is 14.4. The summed E-state index contributed by atoms with van der Waals surface area (Å²) in [5.41, 5.74) is 0.521. The van der Waals surface area contributed by atoms with E-state index in [1.54, 1.807) is 22.8 Å². The number of aromatic nitrogens is 1. The summed E-state index contributed by atoms with van der Waals surface area (Å²) in [6.45, 7) is 5.02. The highest BCUT2D eigenvalue weighted by molar-refractivity contribution is 5.96. The summed E-state index contributed by atoms with van der Waals surface area (Å²) in [6.07, 6.45) is 3.86. The van der Waals surface area contributed by atoms with E-state index in [1.807, 2.05) is 18.2 Å². The van der Waals surface area contributed by atoms with Crippen molar-refractivity contribution in [2.75, 3.05) is 18.7 Å². The number of carbonyl (C=O) groups is 1. The van der Waals surface area contributed by atoms with E-state index in [0.717, 1.165) is 24.8 Å². The van der Waals surface area contributed by atoms with E-state index in [2.05, 4.69) is 31.0 Å². The number of rotatable bonds is 5. The lowest BCUT2D eigenvalue weighted by Crippen LogP contribution is -2.65. The summed E-state index contributed by atoms with van der Waals surface area (Å²) in [5, 5.41) is 12.5. The SMILES string of the molecule is CC(C)CCOC1CCC2N(C)C(=O)c3c(O)c(=O)ccn3N2C1c1ccccc1. The van der Waals surface area contributed by atoms with E-state index in [0.29, 0.717) is 12.5 Å². The predicted molar refractivity (Wildman–Crippen MR) is 114 cm³/mol. The molecular formula is C23H29N3O4. The maximum Gasteiger partial charge on any atom is 0.277 e. The zero-order valence-electron chi connectivity index (χ0n) is 17.7. The van der Waals surface area contributed by atoms with Crippen LogP contribution in [0, 0.1) is 5.92 Å². The van der Waals surface area contributed by atoms with Gasteiger partial charge in [0.2, 0.25) is 5.43 Å². The molecule has 3 heterocycles. The minimum Gasteiger partial charge on any atom is -0.502 e. The van der Waals surface area contributed by atoms with Crippen LogP contribution in [-0.4, -0.2) is 46.5 Å². The molecule has 0 spiro atoms. The molecule has 2 aliphatic heterocycles. The van der Waals surface area contributed by atoms with Gasteiger partial charge >= 0.3 is 0 Å². The fourth-order valence-corrected chi connectivity index (χ4v) is 4.47. The average molecular weight is 412 g/mol. The Morgan fingerprint density at radius 3 is 2.57 bits per heavy atom. The minimum absolute atomic E-state index is 0.00464. The van der Waals surface area contributed by atoms with Crippen LogP contribution in [0.1, 0.15) is 55.2 Å². The molecule has 0 bridgehead atoms. The third-order valence-electron chi connectivity index (χ3n) is 6.09. The highest BCUT2D eigenvalue weighted by Gasteiger charge is 2.46. The highest BCUT2D eigenvalue weighted by atomic mass is 16.5.